The van der Waals surface area contributed by atoms with Crippen LogP contribution < -0.4 is 0 Å². The molecular weight excluding hydrogens is 356 g/mol. The van der Waals surface area contributed by atoms with Crippen molar-refractivity contribution < 1.29 is 4.79 Å². The molecule has 0 saturated carbocycles. The Labute approximate surface area is 164 Å². The van der Waals surface area contributed by atoms with Crippen LogP contribution in [-0.2, 0) is 24.8 Å². The SMILES string of the molecule is CC(=O)Cc1ncc(CN2CCCC(c3cc(C)nc4ccn(C)c34)C2)s1. The molecule has 1 saturated heterocycles. The molecule has 142 valence electrons. The van der Waals surface area contributed by atoms with Crippen LogP contribution in [0.5, 0.6) is 0 Å². The number of fused-ring (bicyclic) bond motifs is 1. The molecule has 0 radical (unpaired) electrons. The first-order valence-corrected chi connectivity index (χ1v) is 10.4. The number of Topliss-reactive ketones (excluding diaryl/α,β-unsaturated/α-hetero) is 1. The second-order valence-corrected chi connectivity index (χ2v) is 8.89. The summed E-state index contributed by atoms with van der Waals surface area (Å²) < 4.78 is 2.20. The van der Waals surface area contributed by atoms with Gasteiger partial charge in [-0.3, -0.25) is 14.7 Å². The van der Waals surface area contributed by atoms with Gasteiger partial charge in [0.15, 0.2) is 0 Å². The largest absolute Gasteiger partial charge is 0.349 e. The number of aromatic nitrogens is 3. The van der Waals surface area contributed by atoms with Gasteiger partial charge in [0.25, 0.3) is 0 Å². The minimum atomic E-state index is 0.175. The van der Waals surface area contributed by atoms with Gasteiger partial charge in [-0.2, -0.15) is 0 Å². The number of ketones is 1. The van der Waals surface area contributed by atoms with Crippen molar-refractivity contribution in [3.8, 4) is 0 Å². The molecule has 1 fully saturated rings. The van der Waals surface area contributed by atoms with Gasteiger partial charge in [0.05, 0.1) is 17.5 Å². The van der Waals surface area contributed by atoms with E-state index in [4.69, 9.17) is 4.98 Å². The second kappa shape index (κ2) is 7.52. The Morgan fingerprint density at radius 3 is 3.07 bits per heavy atom. The number of carbonyl (C=O) groups excluding carboxylic acids is 1. The molecular formula is C21H26N4OS. The second-order valence-electron chi connectivity index (χ2n) is 7.69. The quantitative estimate of drug-likeness (QED) is 0.673. The summed E-state index contributed by atoms with van der Waals surface area (Å²) in [5, 5.41) is 0.932. The summed E-state index contributed by atoms with van der Waals surface area (Å²) >= 11 is 1.67. The third-order valence-corrected chi connectivity index (χ3v) is 6.29. The molecule has 0 spiro atoms. The molecule has 27 heavy (non-hydrogen) atoms. The maximum absolute atomic E-state index is 11.3. The first-order chi connectivity index (χ1) is 13.0. The Bertz CT molecular complexity index is 974. The maximum atomic E-state index is 11.3. The van der Waals surface area contributed by atoms with Crippen molar-refractivity contribution in [2.75, 3.05) is 13.1 Å². The van der Waals surface area contributed by atoms with Crippen molar-refractivity contribution in [1.29, 1.82) is 0 Å². The average molecular weight is 383 g/mol. The number of rotatable bonds is 5. The predicted octanol–water partition coefficient (Wildman–Crippen LogP) is 3.85. The first kappa shape index (κ1) is 18.3. The van der Waals surface area contributed by atoms with E-state index < -0.39 is 0 Å². The third-order valence-electron chi connectivity index (χ3n) is 5.31. The molecule has 1 aliphatic rings. The van der Waals surface area contributed by atoms with Crippen LogP contribution in [0.4, 0.5) is 0 Å². The van der Waals surface area contributed by atoms with Gasteiger partial charge >= 0.3 is 0 Å². The highest BCUT2D eigenvalue weighted by molar-refractivity contribution is 7.11. The molecule has 5 nitrogen and oxygen atoms in total. The number of carbonyl (C=O) groups is 1. The van der Waals surface area contributed by atoms with Crippen LogP contribution in [0.15, 0.2) is 24.5 Å². The van der Waals surface area contributed by atoms with Crippen molar-refractivity contribution in [2.45, 2.75) is 45.6 Å². The van der Waals surface area contributed by atoms with Gasteiger partial charge in [0.2, 0.25) is 0 Å². The lowest BCUT2D eigenvalue weighted by atomic mass is 9.89. The summed E-state index contributed by atoms with van der Waals surface area (Å²) in [7, 11) is 2.11. The van der Waals surface area contributed by atoms with Gasteiger partial charge in [-0.15, -0.1) is 11.3 Å². The smallest absolute Gasteiger partial charge is 0.136 e. The minimum absolute atomic E-state index is 0.175. The summed E-state index contributed by atoms with van der Waals surface area (Å²) in [5.41, 5.74) is 4.89. The van der Waals surface area contributed by atoms with Crippen LogP contribution >= 0.6 is 11.3 Å². The van der Waals surface area contributed by atoms with Crippen molar-refractivity contribution in [3.05, 3.63) is 45.7 Å². The van der Waals surface area contributed by atoms with E-state index in [2.05, 4.69) is 46.8 Å². The lowest BCUT2D eigenvalue weighted by Gasteiger charge is -2.33. The Morgan fingerprint density at radius 1 is 1.41 bits per heavy atom. The van der Waals surface area contributed by atoms with Gasteiger partial charge < -0.3 is 4.57 Å². The fourth-order valence-electron chi connectivity index (χ4n) is 4.17. The van der Waals surface area contributed by atoms with Crippen LogP contribution in [0.3, 0.4) is 0 Å². The highest BCUT2D eigenvalue weighted by atomic mass is 32.1. The van der Waals surface area contributed by atoms with Crippen molar-refractivity contribution in [1.82, 2.24) is 19.4 Å². The molecule has 4 rings (SSSR count). The Hall–Kier alpha value is -2.05. The van der Waals surface area contributed by atoms with E-state index in [-0.39, 0.29) is 5.78 Å². The minimum Gasteiger partial charge on any atom is -0.349 e. The standard InChI is InChI=1S/C21H26N4OS/c1-14-9-18(21-19(23-14)6-8-24(21)3)16-5-4-7-25(12-16)13-17-11-22-20(27-17)10-15(2)26/h6,8-9,11,16H,4-5,7,10,12-13H2,1-3H3. The summed E-state index contributed by atoms with van der Waals surface area (Å²) in [6, 6.07) is 4.38. The molecule has 1 unspecified atom stereocenters. The van der Waals surface area contributed by atoms with E-state index in [1.807, 2.05) is 6.20 Å². The Morgan fingerprint density at radius 2 is 2.26 bits per heavy atom. The van der Waals surface area contributed by atoms with Gasteiger partial charge in [-0.1, -0.05) is 0 Å². The summed E-state index contributed by atoms with van der Waals surface area (Å²) in [5.74, 6) is 0.703. The number of aryl methyl sites for hydroxylation is 2. The summed E-state index contributed by atoms with van der Waals surface area (Å²) in [6.07, 6.45) is 6.93. The molecule has 4 heterocycles. The molecule has 0 aromatic carbocycles. The van der Waals surface area contributed by atoms with Crippen molar-refractivity contribution in [2.24, 2.45) is 7.05 Å². The van der Waals surface area contributed by atoms with Crippen LogP contribution in [-0.4, -0.2) is 38.3 Å². The van der Waals surface area contributed by atoms with E-state index in [0.717, 1.165) is 35.9 Å². The van der Waals surface area contributed by atoms with E-state index in [1.165, 1.54) is 28.8 Å². The van der Waals surface area contributed by atoms with Crippen molar-refractivity contribution in [3.63, 3.8) is 0 Å². The first-order valence-electron chi connectivity index (χ1n) is 9.57. The van der Waals surface area contributed by atoms with E-state index in [0.29, 0.717) is 12.3 Å². The van der Waals surface area contributed by atoms with Crippen LogP contribution in [0.2, 0.25) is 0 Å². The number of thiazole rings is 1. The van der Waals surface area contributed by atoms with Gasteiger partial charge in [0.1, 0.15) is 10.8 Å². The molecule has 0 bridgehead atoms. The number of hydrogen-bond acceptors (Lipinski definition) is 5. The van der Waals surface area contributed by atoms with Crippen LogP contribution in [0.25, 0.3) is 11.0 Å². The monoisotopic (exact) mass is 382 g/mol. The Balaban J connectivity index is 1.53. The number of piperidine rings is 1. The third kappa shape index (κ3) is 3.96. The fraction of sp³-hybridized carbons (Fsp3) is 0.476. The number of pyridine rings is 1. The van der Waals surface area contributed by atoms with Gasteiger partial charge in [0, 0.05) is 43.1 Å². The number of likely N-dealkylation sites (tertiary alicyclic amines) is 1. The lowest BCUT2D eigenvalue weighted by molar-refractivity contribution is -0.116. The normalized spacial score (nSPS) is 18.3. The molecule has 0 aliphatic carbocycles. The zero-order valence-electron chi connectivity index (χ0n) is 16.2. The van der Waals surface area contributed by atoms with E-state index >= 15 is 0 Å². The van der Waals surface area contributed by atoms with Crippen molar-refractivity contribution >= 4 is 28.2 Å². The zero-order valence-corrected chi connectivity index (χ0v) is 17.1. The average Bonchev–Trinajstić information content (AvgIpc) is 3.20. The van der Waals surface area contributed by atoms with E-state index in [9.17, 15) is 4.79 Å². The molecule has 3 aromatic heterocycles. The zero-order chi connectivity index (χ0) is 19.0. The molecule has 3 aromatic rings. The van der Waals surface area contributed by atoms with E-state index in [1.54, 1.807) is 18.3 Å². The molecule has 1 aliphatic heterocycles. The highest BCUT2D eigenvalue weighted by Crippen LogP contribution is 2.33. The topological polar surface area (TPSA) is 51.0 Å². The molecule has 0 amide bonds. The predicted molar refractivity (Wildman–Crippen MR) is 109 cm³/mol. The van der Waals surface area contributed by atoms with Gasteiger partial charge in [-0.25, -0.2) is 4.98 Å². The molecule has 0 N–H and O–H groups in total. The van der Waals surface area contributed by atoms with Gasteiger partial charge in [-0.05, 0) is 56.8 Å². The lowest BCUT2D eigenvalue weighted by Crippen LogP contribution is -2.33. The Kier molecular flexibility index (Phi) is 5.10. The molecule has 1 atom stereocenters. The van der Waals surface area contributed by atoms with Crippen LogP contribution in [0, 0.1) is 6.92 Å². The number of nitrogens with zero attached hydrogens (tertiary/aromatic N) is 4. The fourth-order valence-corrected chi connectivity index (χ4v) is 5.21. The molecule has 6 heteroatoms. The maximum Gasteiger partial charge on any atom is 0.136 e. The number of hydrogen-bond donors (Lipinski definition) is 0. The summed E-state index contributed by atoms with van der Waals surface area (Å²) in [6.45, 7) is 6.81. The summed E-state index contributed by atoms with van der Waals surface area (Å²) in [4.78, 5) is 24.2. The highest BCUT2D eigenvalue weighted by Gasteiger charge is 2.25. The van der Waals surface area contributed by atoms with Crippen LogP contribution in [0.1, 0.15) is 46.8 Å².